The van der Waals surface area contributed by atoms with Crippen molar-refractivity contribution in [3.8, 4) is 6.07 Å². The molecule has 3 nitrogen and oxygen atoms in total. The van der Waals surface area contributed by atoms with E-state index in [0.717, 1.165) is 26.0 Å². The van der Waals surface area contributed by atoms with E-state index in [2.05, 4.69) is 5.32 Å². The van der Waals surface area contributed by atoms with Crippen molar-refractivity contribution in [1.82, 2.24) is 5.32 Å². The Morgan fingerprint density at radius 1 is 1.41 bits per heavy atom. The summed E-state index contributed by atoms with van der Waals surface area (Å²) < 4.78 is 18.6. The van der Waals surface area contributed by atoms with E-state index in [4.69, 9.17) is 10.00 Å². The molecule has 1 aromatic rings. The van der Waals surface area contributed by atoms with Gasteiger partial charge in [-0.1, -0.05) is 12.1 Å². The number of nitrogens with one attached hydrogen (secondary N) is 1. The SMILES string of the molecule is COCCCCNCc1cccc(C#N)c1F. The van der Waals surface area contributed by atoms with Gasteiger partial charge < -0.3 is 10.1 Å². The van der Waals surface area contributed by atoms with E-state index in [1.807, 2.05) is 6.07 Å². The summed E-state index contributed by atoms with van der Waals surface area (Å²) in [6.45, 7) is 2.02. The van der Waals surface area contributed by atoms with E-state index in [-0.39, 0.29) is 5.56 Å². The fraction of sp³-hybridized carbons (Fsp3) is 0.462. The molecule has 0 atom stereocenters. The zero-order valence-electron chi connectivity index (χ0n) is 10.0. The molecule has 0 bridgehead atoms. The highest BCUT2D eigenvalue weighted by atomic mass is 19.1. The third-order valence-electron chi connectivity index (χ3n) is 2.47. The second-order valence-corrected chi connectivity index (χ2v) is 3.77. The molecule has 0 saturated heterocycles. The van der Waals surface area contributed by atoms with Gasteiger partial charge in [0.1, 0.15) is 11.9 Å². The van der Waals surface area contributed by atoms with Crippen molar-refractivity contribution < 1.29 is 9.13 Å². The normalized spacial score (nSPS) is 10.2. The van der Waals surface area contributed by atoms with Gasteiger partial charge in [0.25, 0.3) is 0 Å². The van der Waals surface area contributed by atoms with Gasteiger partial charge in [0.05, 0.1) is 5.56 Å². The van der Waals surface area contributed by atoms with Crippen LogP contribution in [0.25, 0.3) is 0 Å². The second-order valence-electron chi connectivity index (χ2n) is 3.77. The first-order chi connectivity index (χ1) is 8.29. The molecule has 0 aromatic heterocycles. The maximum absolute atomic E-state index is 13.6. The van der Waals surface area contributed by atoms with Crippen molar-refractivity contribution in [1.29, 1.82) is 5.26 Å². The molecule has 1 N–H and O–H groups in total. The van der Waals surface area contributed by atoms with Crippen molar-refractivity contribution >= 4 is 0 Å². The van der Waals surface area contributed by atoms with Crippen LogP contribution in [0.1, 0.15) is 24.0 Å². The number of benzene rings is 1. The third kappa shape index (κ3) is 4.51. The summed E-state index contributed by atoms with van der Waals surface area (Å²) in [6, 6.07) is 6.71. The van der Waals surface area contributed by atoms with Crippen molar-refractivity contribution in [2.45, 2.75) is 19.4 Å². The number of nitrogens with zero attached hydrogens (tertiary/aromatic N) is 1. The molecule has 0 aliphatic heterocycles. The van der Waals surface area contributed by atoms with Gasteiger partial charge in [-0.3, -0.25) is 0 Å². The average Bonchev–Trinajstić information content (AvgIpc) is 2.35. The molecule has 1 aromatic carbocycles. The molecule has 0 amide bonds. The van der Waals surface area contributed by atoms with E-state index in [1.54, 1.807) is 19.2 Å². The first-order valence-corrected chi connectivity index (χ1v) is 5.66. The van der Waals surface area contributed by atoms with E-state index in [0.29, 0.717) is 12.1 Å². The number of halogens is 1. The van der Waals surface area contributed by atoms with Crippen LogP contribution < -0.4 is 5.32 Å². The van der Waals surface area contributed by atoms with Gasteiger partial charge in [0.15, 0.2) is 0 Å². The van der Waals surface area contributed by atoms with Gasteiger partial charge in [-0.2, -0.15) is 5.26 Å². The van der Waals surface area contributed by atoms with Crippen LogP contribution >= 0.6 is 0 Å². The second kappa shape index (κ2) is 7.77. The molecule has 0 spiro atoms. The van der Waals surface area contributed by atoms with Gasteiger partial charge in [-0.15, -0.1) is 0 Å². The van der Waals surface area contributed by atoms with Crippen LogP contribution in [-0.4, -0.2) is 20.3 Å². The number of hydrogen-bond acceptors (Lipinski definition) is 3. The summed E-state index contributed by atoms with van der Waals surface area (Å²) in [6.07, 6.45) is 1.98. The fourth-order valence-electron chi connectivity index (χ4n) is 1.52. The first kappa shape index (κ1) is 13.6. The lowest BCUT2D eigenvalue weighted by Gasteiger charge is -2.06. The summed E-state index contributed by atoms with van der Waals surface area (Å²) in [4.78, 5) is 0. The molecule has 0 unspecified atom stereocenters. The van der Waals surface area contributed by atoms with Crippen LogP contribution in [0.15, 0.2) is 18.2 Å². The van der Waals surface area contributed by atoms with E-state index in [1.165, 1.54) is 6.07 Å². The predicted molar refractivity (Wildman–Crippen MR) is 63.9 cm³/mol. The van der Waals surface area contributed by atoms with Crippen molar-refractivity contribution in [3.05, 3.63) is 35.1 Å². The maximum Gasteiger partial charge on any atom is 0.145 e. The Kier molecular flexibility index (Phi) is 6.23. The van der Waals surface area contributed by atoms with E-state index in [9.17, 15) is 4.39 Å². The largest absolute Gasteiger partial charge is 0.385 e. The standard InChI is InChI=1S/C13H17FN2O/c1-17-8-3-2-7-16-10-12-6-4-5-11(9-15)13(12)14/h4-6,16H,2-3,7-8,10H2,1H3. The van der Waals surface area contributed by atoms with Crippen LogP contribution in [0, 0.1) is 17.1 Å². The molecular weight excluding hydrogens is 219 g/mol. The molecular formula is C13H17FN2O. The molecule has 0 aliphatic carbocycles. The minimum absolute atomic E-state index is 0.101. The zero-order valence-corrected chi connectivity index (χ0v) is 10.0. The number of hydrogen-bond donors (Lipinski definition) is 1. The molecule has 0 fully saturated rings. The topological polar surface area (TPSA) is 45.0 Å². The van der Waals surface area contributed by atoms with Crippen LogP contribution in [-0.2, 0) is 11.3 Å². The Morgan fingerprint density at radius 3 is 2.94 bits per heavy atom. The van der Waals surface area contributed by atoms with E-state index >= 15 is 0 Å². The Hall–Kier alpha value is -1.44. The average molecular weight is 236 g/mol. The minimum atomic E-state index is -0.417. The highest BCUT2D eigenvalue weighted by Gasteiger charge is 2.06. The Labute approximate surface area is 101 Å². The van der Waals surface area contributed by atoms with Crippen molar-refractivity contribution in [2.24, 2.45) is 0 Å². The van der Waals surface area contributed by atoms with Crippen LogP contribution in [0.3, 0.4) is 0 Å². The number of unbranched alkanes of at least 4 members (excludes halogenated alkanes) is 1. The summed E-state index contributed by atoms with van der Waals surface area (Å²) in [7, 11) is 1.68. The van der Waals surface area contributed by atoms with Crippen molar-refractivity contribution in [2.75, 3.05) is 20.3 Å². The van der Waals surface area contributed by atoms with Gasteiger partial charge in [0, 0.05) is 25.8 Å². The smallest absolute Gasteiger partial charge is 0.145 e. The molecule has 0 heterocycles. The molecule has 1 rings (SSSR count). The highest BCUT2D eigenvalue weighted by Crippen LogP contribution is 2.11. The van der Waals surface area contributed by atoms with E-state index < -0.39 is 5.82 Å². The number of methoxy groups -OCH3 is 1. The number of ether oxygens (including phenoxy) is 1. The highest BCUT2D eigenvalue weighted by molar-refractivity contribution is 5.34. The first-order valence-electron chi connectivity index (χ1n) is 5.66. The summed E-state index contributed by atoms with van der Waals surface area (Å²) in [5.74, 6) is -0.417. The van der Waals surface area contributed by atoms with Crippen LogP contribution in [0.5, 0.6) is 0 Å². The minimum Gasteiger partial charge on any atom is -0.385 e. The fourth-order valence-corrected chi connectivity index (χ4v) is 1.52. The lowest BCUT2D eigenvalue weighted by atomic mass is 10.1. The zero-order chi connectivity index (χ0) is 12.5. The molecule has 0 aliphatic rings. The molecule has 92 valence electrons. The predicted octanol–water partition coefficient (Wildman–Crippen LogP) is 2.21. The number of rotatable bonds is 7. The van der Waals surface area contributed by atoms with Gasteiger partial charge >= 0.3 is 0 Å². The summed E-state index contributed by atoms with van der Waals surface area (Å²) >= 11 is 0. The number of nitriles is 1. The van der Waals surface area contributed by atoms with Gasteiger partial charge in [-0.25, -0.2) is 4.39 Å². The monoisotopic (exact) mass is 236 g/mol. The Bertz CT molecular complexity index is 387. The Morgan fingerprint density at radius 2 is 2.24 bits per heavy atom. The van der Waals surface area contributed by atoms with Crippen molar-refractivity contribution in [3.63, 3.8) is 0 Å². The lowest BCUT2D eigenvalue weighted by Crippen LogP contribution is -2.16. The van der Waals surface area contributed by atoms with Gasteiger partial charge in [-0.05, 0) is 25.5 Å². The van der Waals surface area contributed by atoms with Gasteiger partial charge in [0.2, 0.25) is 0 Å². The molecule has 0 saturated carbocycles. The summed E-state index contributed by atoms with van der Waals surface area (Å²) in [5, 5.41) is 11.8. The van der Waals surface area contributed by atoms with Crippen LogP contribution in [0.2, 0.25) is 0 Å². The molecule has 17 heavy (non-hydrogen) atoms. The maximum atomic E-state index is 13.6. The third-order valence-corrected chi connectivity index (χ3v) is 2.47. The quantitative estimate of drug-likeness (QED) is 0.738. The molecule has 4 heteroatoms. The lowest BCUT2D eigenvalue weighted by molar-refractivity contribution is 0.192. The Balaban J connectivity index is 2.35. The summed E-state index contributed by atoms with van der Waals surface area (Å²) in [5.41, 5.74) is 0.638. The van der Waals surface area contributed by atoms with Crippen LogP contribution in [0.4, 0.5) is 4.39 Å². The molecule has 0 radical (unpaired) electrons.